The largest absolute Gasteiger partial charge is 0.435 e. The van der Waals surface area contributed by atoms with Gasteiger partial charge < -0.3 is 4.74 Å². The molecule has 1 heterocycles. The molecule has 0 aliphatic carbocycles. The molecule has 24 heavy (non-hydrogen) atoms. The highest BCUT2D eigenvalue weighted by Gasteiger charge is 2.13. The van der Waals surface area contributed by atoms with Gasteiger partial charge in [0, 0.05) is 0 Å². The van der Waals surface area contributed by atoms with Crippen molar-refractivity contribution in [2.75, 3.05) is 5.75 Å². The lowest BCUT2D eigenvalue weighted by Crippen LogP contribution is -2.21. The first-order chi connectivity index (χ1) is 11.6. The van der Waals surface area contributed by atoms with Crippen molar-refractivity contribution < 1.29 is 13.5 Å². The van der Waals surface area contributed by atoms with Gasteiger partial charge in [0.25, 0.3) is 5.56 Å². The first kappa shape index (κ1) is 16.4. The Morgan fingerprint density at radius 2 is 1.88 bits per heavy atom. The van der Waals surface area contributed by atoms with Gasteiger partial charge in [-0.15, -0.1) is 0 Å². The van der Waals surface area contributed by atoms with Crippen LogP contribution in [0.3, 0.4) is 0 Å². The van der Waals surface area contributed by atoms with Crippen molar-refractivity contribution in [2.45, 2.75) is 18.7 Å². The molecule has 0 amide bonds. The Kier molecular flexibility index (Phi) is 4.80. The molecule has 0 saturated heterocycles. The molecule has 0 aliphatic heterocycles. The zero-order valence-corrected chi connectivity index (χ0v) is 13.6. The predicted octanol–water partition coefficient (Wildman–Crippen LogP) is 4.10. The van der Waals surface area contributed by atoms with Gasteiger partial charge in [0.1, 0.15) is 5.75 Å². The molecule has 0 bridgehead atoms. The molecule has 1 aromatic heterocycles. The van der Waals surface area contributed by atoms with E-state index in [-0.39, 0.29) is 11.3 Å². The number of hydrogen-bond acceptors (Lipinski definition) is 4. The van der Waals surface area contributed by atoms with Gasteiger partial charge in [-0.05, 0) is 42.2 Å². The average molecular weight is 348 g/mol. The Balaban J connectivity index is 2.15. The van der Waals surface area contributed by atoms with E-state index < -0.39 is 6.61 Å². The summed E-state index contributed by atoms with van der Waals surface area (Å²) in [6, 6.07) is 13.1. The number of thioether (sulfide) groups is 1. The Morgan fingerprint density at radius 1 is 1.17 bits per heavy atom. The van der Waals surface area contributed by atoms with Crippen LogP contribution in [0.5, 0.6) is 5.75 Å². The molecule has 0 N–H and O–H groups in total. The van der Waals surface area contributed by atoms with E-state index in [0.29, 0.717) is 21.7 Å². The van der Waals surface area contributed by atoms with E-state index in [1.807, 2.05) is 13.0 Å². The van der Waals surface area contributed by atoms with Crippen LogP contribution in [0.2, 0.25) is 0 Å². The minimum absolute atomic E-state index is 0.0419. The third kappa shape index (κ3) is 3.26. The lowest BCUT2D eigenvalue weighted by atomic mass is 10.2. The molecule has 4 nitrogen and oxygen atoms in total. The molecule has 0 fully saturated rings. The molecule has 0 atom stereocenters. The quantitative estimate of drug-likeness (QED) is 0.514. The fourth-order valence-corrected chi connectivity index (χ4v) is 3.08. The van der Waals surface area contributed by atoms with Crippen molar-refractivity contribution in [3.8, 4) is 11.4 Å². The lowest BCUT2D eigenvalue weighted by Gasteiger charge is -2.13. The van der Waals surface area contributed by atoms with E-state index >= 15 is 0 Å². The molecular weight excluding hydrogens is 334 g/mol. The summed E-state index contributed by atoms with van der Waals surface area (Å²) in [6.45, 7) is -0.914. The van der Waals surface area contributed by atoms with Gasteiger partial charge in [0.15, 0.2) is 5.16 Å². The molecule has 0 unspecified atom stereocenters. The highest BCUT2D eigenvalue weighted by atomic mass is 32.2. The first-order valence-electron chi connectivity index (χ1n) is 7.30. The molecule has 3 rings (SSSR count). The van der Waals surface area contributed by atoms with E-state index in [0.717, 1.165) is 5.75 Å². The minimum atomic E-state index is -2.88. The zero-order valence-electron chi connectivity index (χ0n) is 12.8. The molecule has 0 spiro atoms. The molecule has 0 saturated carbocycles. The average Bonchev–Trinajstić information content (AvgIpc) is 2.56. The van der Waals surface area contributed by atoms with Gasteiger partial charge in [-0.2, -0.15) is 8.78 Å². The van der Waals surface area contributed by atoms with Gasteiger partial charge in [0.05, 0.1) is 16.6 Å². The highest BCUT2D eigenvalue weighted by molar-refractivity contribution is 7.99. The monoisotopic (exact) mass is 348 g/mol. The number of fused-ring (bicyclic) bond motifs is 1. The number of aromatic nitrogens is 2. The summed E-state index contributed by atoms with van der Waals surface area (Å²) in [5, 5.41) is 1.06. The Hall–Kier alpha value is -2.41. The number of nitrogens with zero attached hydrogens (tertiary/aromatic N) is 2. The number of ether oxygens (including phenoxy) is 1. The fourth-order valence-electron chi connectivity index (χ4n) is 2.34. The minimum Gasteiger partial charge on any atom is -0.435 e. The smallest absolute Gasteiger partial charge is 0.387 e. The van der Waals surface area contributed by atoms with Crippen molar-refractivity contribution in [3.63, 3.8) is 0 Å². The SMILES string of the molecule is CCSc1nc2ccccc2c(=O)n1-c1ccc(OC(F)F)cc1. The van der Waals surface area contributed by atoms with Crippen molar-refractivity contribution in [3.05, 3.63) is 58.9 Å². The van der Waals surface area contributed by atoms with Crippen LogP contribution < -0.4 is 10.3 Å². The second kappa shape index (κ2) is 7.00. The van der Waals surface area contributed by atoms with Gasteiger partial charge in [-0.1, -0.05) is 30.8 Å². The Morgan fingerprint density at radius 3 is 2.54 bits per heavy atom. The summed E-state index contributed by atoms with van der Waals surface area (Å²) >= 11 is 1.44. The molecule has 2 aromatic carbocycles. The van der Waals surface area contributed by atoms with Crippen LogP contribution in [0, 0.1) is 0 Å². The van der Waals surface area contributed by atoms with E-state index in [1.165, 1.54) is 28.5 Å². The van der Waals surface area contributed by atoms with Crippen molar-refractivity contribution in [1.82, 2.24) is 9.55 Å². The number of rotatable bonds is 5. The van der Waals surface area contributed by atoms with Crippen LogP contribution in [-0.2, 0) is 0 Å². The molecule has 7 heteroatoms. The van der Waals surface area contributed by atoms with Crippen LogP contribution >= 0.6 is 11.8 Å². The van der Waals surface area contributed by atoms with Crippen LogP contribution in [0.1, 0.15) is 6.92 Å². The number of alkyl halides is 2. The van der Waals surface area contributed by atoms with Gasteiger partial charge in [0.2, 0.25) is 0 Å². The van der Waals surface area contributed by atoms with Gasteiger partial charge >= 0.3 is 6.61 Å². The van der Waals surface area contributed by atoms with Crippen LogP contribution in [-0.4, -0.2) is 21.9 Å². The van der Waals surface area contributed by atoms with Crippen LogP contribution in [0.15, 0.2) is 58.5 Å². The first-order valence-corrected chi connectivity index (χ1v) is 8.28. The normalized spacial score (nSPS) is 11.2. The second-order valence-corrected chi connectivity index (χ2v) is 6.09. The maximum absolute atomic E-state index is 12.8. The molecule has 124 valence electrons. The van der Waals surface area contributed by atoms with E-state index in [4.69, 9.17) is 0 Å². The summed E-state index contributed by atoms with van der Waals surface area (Å²) in [6.07, 6.45) is 0. The number of hydrogen-bond donors (Lipinski definition) is 0. The molecular formula is C17H14F2N2O2S. The molecule has 0 radical (unpaired) electrons. The topological polar surface area (TPSA) is 44.1 Å². The van der Waals surface area contributed by atoms with E-state index in [9.17, 15) is 13.6 Å². The predicted molar refractivity (Wildman–Crippen MR) is 90.4 cm³/mol. The summed E-state index contributed by atoms with van der Waals surface area (Å²) < 4.78 is 30.3. The summed E-state index contributed by atoms with van der Waals surface area (Å²) in [5.74, 6) is 0.789. The number of para-hydroxylation sites is 1. The van der Waals surface area contributed by atoms with E-state index in [2.05, 4.69) is 9.72 Å². The maximum Gasteiger partial charge on any atom is 0.387 e. The van der Waals surface area contributed by atoms with Crippen molar-refractivity contribution in [2.24, 2.45) is 0 Å². The maximum atomic E-state index is 12.8. The summed E-state index contributed by atoms with van der Waals surface area (Å²) in [5.41, 5.74) is 0.988. The number of halogens is 2. The highest BCUT2D eigenvalue weighted by Crippen LogP contribution is 2.23. The third-order valence-electron chi connectivity index (χ3n) is 3.34. The van der Waals surface area contributed by atoms with Gasteiger partial charge in [-0.3, -0.25) is 9.36 Å². The summed E-state index contributed by atoms with van der Waals surface area (Å²) in [7, 11) is 0. The number of benzene rings is 2. The zero-order chi connectivity index (χ0) is 17.1. The standard InChI is InChI=1S/C17H14F2N2O2S/c1-2-24-17-20-14-6-4-3-5-13(14)15(22)21(17)11-7-9-12(10-8-11)23-16(18)19/h3-10,16H,2H2,1H3. The lowest BCUT2D eigenvalue weighted by molar-refractivity contribution is -0.0498. The van der Waals surface area contributed by atoms with Crippen LogP contribution in [0.4, 0.5) is 8.78 Å². The Bertz CT molecular complexity index is 911. The second-order valence-electron chi connectivity index (χ2n) is 4.86. The molecule has 0 aliphatic rings. The van der Waals surface area contributed by atoms with Crippen molar-refractivity contribution in [1.29, 1.82) is 0 Å². The molecule has 3 aromatic rings. The van der Waals surface area contributed by atoms with E-state index in [1.54, 1.807) is 30.3 Å². The van der Waals surface area contributed by atoms with Gasteiger partial charge in [-0.25, -0.2) is 4.98 Å². The van der Waals surface area contributed by atoms with Crippen LogP contribution in [0.25, 0.3) is 16.6 Å². The third-order valence-corrected chi connectivity index (χ3v) is 4.16. The van der Waals surface area contributed by atoms with Crippen molar-refractivity contribution >= 4 is 22.7 Å². The fraction of sp³-hybridized carbons (Fsp3) is 0.176. The Labute approximate surface area is 141 Å². The summed E-state index contributed by atoms with van der Waals surface area (Å²) in [4.78, 5) is 17.4.